The average molecular weight is 166 g/mol. The highest BCUT2D eigenvalue weighted by Crippen LogP contribution is 2.00. The first-order valence-electron chi connectivity index (χ1n) is 3.25. The van der Waals surface area contributed by atoms with E-state index in [1.54, 1.807) is 0 Å². The summed E-state index contributed by atoms with van der Waals surface area (Å²) in [5.74, 6) is -0.596. The van der Waals surface area contributed by atoms with E-state index in [4.69, 9.17) is 5.53 Å². The normalized spacial score (nSPS) is 16.7. The van der Waals surface area contributed by atoms with Gasteiger partial charge in [0.2, 0.25) is 0 Å². The first kappa shape index (κ1) is 8.45. The Hall–Kier alpha value is -1.65. The predicted molar refractivity (Wildman–Crippen MR) is 40.1 cm³/mol. The number of azide groups is 1. The van der Waals surface area contributed by atoms with E-state index >= 15 is 0 Å². The van der Waals surface area contributed by atoms with Gasteiger partial charge in [-0.15, -0.1) is 0 Å². The summed E-state index contributed by atoms with van der Waals surface area (Å²) in [6, 6.07) is -0.851. The third-order valence-electron chi connectivity index (χ3n) is 1.41. The van der Waals surface area contributed by atoms with Crippen molar-refractivity contribution < 1.29 is 9.59 Å². The molecule has 0 fully saturated rings. The van der Waals surface area contributed by atoms with Crippen LogP contribution in [-0.4, -0.2) is 24.3 Å². The summed E-state index contributed by atoms with van der Waals surface area (Å²) in [4.78, 5) is 24.2. The quantitative estimate of drug-likeness (QED) is 0.275. The van der Waals surface area contributed by atoms with Crippen LogP contribution >= 0.6 is 0 Å². The summed E-state index contributed by atoms with van der Waals surface area (Å²) in [5, 5.41) is 5.64. The molecule has 1 aliphatic rings. The lowest BCUT2D eigenvalue weighted by Gasteiger charge is -2.05. The number of nitrogens with zero attached hydrogens (tertiary/aromatic N) is 3. The van der Waals surface area contributed by atoms with Crippen molar-refractivity contribution in [3.05, 3.63) is 22.6 Å². The zero-order valence-corrected chi connectivity index (χ0v) is 6.10. The van der Waals surface area contributed by atoms with Gasteiger partial charge in [0.05, 0.1) is 6.67 Å². The van der Waals surface area contributed by atoms with Crippen LogP contribution in [0.4, 0.5) is 0 Å². The van der Waals surface area contributed by atoms with Crippen LogP contribution in [0, 0.1) is 0 Å². The predicted octanol–water partition coefficient (Wildman–Crippen LogP) is -0.0796. The van der Waals surface area contributed by atoms with Gasteiger partial charge in [-0.1, -0.05) is 5.11 Å². The van der Waals surface area contributed by atoms with Crippen LogP contribution in [0.25, 0.3) is 10.4 Å². The lowest BCUT2D eigenvalue weighted by atomic mass is 10.2. The summed E-state index contributed by atoms with van der Waals surface area (Å²) in [6.45, 7) is -0.0552. The molecule has 0 unspecified atom stereocenters. The zero-order chi connectivity index (χ0) is 8.97. The molecule has 1 rings (SSSR count). The Balaban J connectivity index is 2.48. The smallest absolute Gasteiger partial charge is 0.180 e. The van der Waals surface area contributed by atoms with Crippen molar-refractivity contribution in [3.63, 3.8) is 0 Å². The maximum absolute atomic E-state index is 10.9. The van der Waals surface area contributed by atoms with Crippen LogP contribution in [0.2, 0.25) is 0 Å². The molecule has 6 heteroatoms. The van der Waals surface area contributed by atoms with Gasteiger partial charge in [-0.25, -0.2) is 0 Å². The molecule has 1 N–H and O–H groups in total. The highest BCUT2D eigenvalue weighted by molar-refractivity contribution is 6.21. The van der Waals surface area contributed by atoms with Gasteiger partial charge in [0.15, 0.2) is 11.6 Å². The molecule has 0 aromatic heterocycles. The van der Waals surface area contributed by atoms with E-state index in [0.717, 1.165) is 0 Å². The molecule has 0 heterocycles. The number of carbonyl (C=O) groups is 2. The van der Waals surface area contributed by atoms with Gasteiger partial charge in [0.1, 0.15) is 6.04 Å². The Kier molecular flexibility index (Phi) is 2.57. The van der Waals surface area contributed by atoms with Crippen molar-refractivity contribution in [2.75, 3.05) is 6.67 Å². The molecule has 0 atom stereocenters. The fourth-order valence-corrected chi connectivity index (χ4v) is 0.862. The molecule has 12 heavy (non-hydrogen) atoms. The highest BCUT2D eigenvalue weighted by Gasteiger charge is 2.26. The maximum Gasteiger partial charge on any atom is 0.180 e. The van der Waals surface area contributed by atoms with E-state index < -0.39 is 6.04 Å². The van der Waals surface area contributed by atoms with Crippen molar-refractivity contribution in [2.45, 2.75) is 6.04 Å². The molecule has 0 aromatic carbocycles. The minimum absolute atomic E-state index is 0.0552. The number of hydrogen-bond donors (Lipinski definition) is 1. The van der Waals surface area contributed by atoms with Gasteiger partial charge in [-0.3, -0.25) is 14.9 Å². The summed E-state index contributed by atoms with van der Waals surface area (Å²) in [7, 11) is 0. The first-order chi connectivity index (χ1) is 5.75. The van der Waals surface area contributed by atoms with Crippen LogP contribution in [0.15, 0.2) is 17.3 Å². The molecule has 0 saturated heterocycles. The molecular formula is C6H6N4O2. The molecule has 62 valence electrons. The van der Waals surface area contributed by atoms with Crippen molar-refractivity contribution >= 4 is 11.6 Å². The number of hydrogen-bond acceptors (Lipinski definition) is 4. The van der Waals surface area contributed by atoms with Crippen LogP contribution in [0.3, 0.4) is 0 Å². The van der Waals surface area contributed by atoms with Gasteiger partial charge in [0, 0.05) is 4.91 Å². The second kappa shape index (κ2) is 3.66. The fourth-order valence-electron chi connectivity index (χ4n) is 0.862. The van der Waals surface area contributed by atoms with Crippen LogP contribution in [0.5, 0.6) is 0 Å². The summed E-state index contributed by atoms with van der Waals surface area (Å²) in [5.41, 5.74) is 7.90. The molecule has 0 amide bonds. The highest BCUT2D eigenvalue weighted by atomic mass is 16.2. The lowest BCUT2D eigenvalue weighted by molar-refractivity contribution is -0.123. The molecule has 6 nitrogen and oxygen atoms in total. The molecule has 0 saturated carbocycles. The van der Waals surface area contributed by atoms with Gasteiger partial charge in [-0.05, 0) is 17.7 Å². The second-order valence-electron chi connectivity index (χ2n) is 2.16. The van der Waals surface area contributed by atoms with E-state index in [9.17, 15) is 9.59 Å². The van der Waals surface area contributed by atoms with E-state index in [0.29, 0.717) is 0 Å². The van der Waals surface area contributed by atoms with Crippen molar-refractivity contribution in [3.8, 4) is 0 Å². The lowest BCUT2D eigenvalue weighted by Crippen LogP contribution is -2.38. The van der Waals surface area contributed by atoms with Gasteiger partial charge < -0.3 is 0 Å². The molecule has 0 aliphatic heterocycles. The molecular weight excluding hydrogens is 160 g/mol. The zero-order valence-electron chi connectivity index (χ0n) is 6.10. The Morgan fingerprint density at radius 3 is 2.58 bits per heavy atom. The topological polar surface area (TPSA) is 94.9 Å². The van der Waals surface area contributed by atoms with Gasteiger partial charge >= 0.3 is 0 Å². The van der Waals surface area contributed by atoms with Crippen LogP contribution < -0.4 is 5.32 Å². The Morgan fingerprint density at radius 1 is 1.50 bits per heavy atom. The summed E-state index contributed by atoms with van der Waals surface area (Å²) >= 11 is 0. The molecule has 0 bridgehead atoms. The largest absolute Gasteiger partial charge is 0.295 e. The average Bonchev–Trinajstić information content (AvgIpc) is 2.35. The van der Waals surface area contributed by atoms with E-state index in [1.807, 2.05) is 0 Å². The first-order valence-corrected chi connectivity index (χ1v) is 3.25. The Labute approximate surface area is 67.9 Å². The number of rotatable bonds is 3. The molecule has 0 aromatic rings. The van der Waals surface area contributed by atoms with Crippen molar-refractivity contribution in [1.29, 1.82) is 0 Å². The Morgan fingerprint density at radius 2 is 2.08 bits per heavy atom. The van der Waals surface area contributed by atoms with Crippen molar-refractivity contribution in [2.24, 2.45) is 5.11 Å². The van der Waals surface area contributed by atoms with Crippen LogP contribution in [0.1, 0.15) is 0 Å². The fraction of sp³-hybridized carbons (Fsp3) is 0.333. The minimum Gasteiger partial charge on any atom is -0.295 e. The number of nitrogens with one attached hydrogen (secondary N) is 1. The van der Waals surface area contributed by atoms with Gasteiger partial charge in [-0.2, -0.15) is 0 Å². The number of carbonyl (C=O) groups excluding carboxylic acids is 2. The molecule has 0 spiro atoms. The summed E-state index contributed by atoms with van der Waals surface area (Å²) < 4.78 is 0. The van der Waals surface area contributed by atoms with Crippen molar-refractivity contribution in [1.82, 2.24) is 5.32 Å². The van der Waals surface area contributed by atoms with E-state index in [2.05, 4.69) is 15.3 Å². The standard InChI is InChI=1S/C6H6N4O2/c7-10-9-3-8-6-4(11)1-2-5(6)12/h1-2,6,8H,3H2. The maximum atomic E-state index is 10.9. The third kappa shape index (κ3) is 1.69. The SMILES string of the molecule is [N-]=[N+]=NCNC1C(=O)C=CC1=O. The van der Waals surface area contributed by atoms with Gasteiger partial charge in [0.25, 0.3) is 0 Å². The second-order valence-corrected chi connectivity index (χ2v) is 2.16. The minimum atomic E-state index is -0.851. The van der Waals surface area contributed by atoms with E-state index in [1.165, 1.54) is 12.2 Å². The third-order valence-corrected chi connectivity index (χ3v) is 1.41. The number of ketones is 2. The van der Waals surface area contributed by atoms with Crippen LogP contribution in [-0.2, 0) is 9.59 Å². The molecule has 1 aliphatic carbocycles. The monoisotopic (exact) mass is 166 g/mol. The summed E-state index contributed by atoms with van der Waals surface area (Å²) in [6.07, 6.45) is 2.41. The molecule has 0 radical (unpaired) electrons. The van der Waals surface area contributed by atoms with E-state index in [-0.39, 0.29) is 18.2 Å². The Bertz CT molecular complexity index is 272.